The van der Waals surface area contributed by atoms with Gasteiger partial charge in [0.2, 0.25) is 5.91 Å². The van der Waals surface area contributed by atoms with Gasteiger partial charge in [-0.1, -0.05) is 32.0 Å². The third kappa shape index (κ3) is 1.76. The fraction of sp³-hybridized carbons (Fsp3) is 0.533. The van der Waals surface area contributed by atoms with E-state index in [1.165, 1.54) is 12.0 Å². The van der Waals surface area contributed by atoms with Crippen LogP contribution in [0.2, 0.25) is 0 Å². The molecule has 1 amide bonds. The van der Waals surface area contributed by atoms with Gasteiger partial charge in [-0.15, -0.1) is 0 Å². The molecule has 1 aromatic carbocycles. The molecule has 2 heteroatoms. The maximum Gasteiger partial charge on any atom is 0.228 e. The summed E-state index contributed by atoms with van der Waals surface area (Å²) in [5, 5.41) is 3.06. The van der Waals surface area contributed by atoms with E-state index in [1.807, 2.05) is 12.1 Å². The van der Waals surface area contributed by atoms with Crippen molar-refractivity contribution in [2.24, 2.45) is 11.3 Å². The Morgan fingerprint density at radius 1 is 1.24 bits per heavy atom. The van der Waals surface area contributed by atoms with Crippen molar-refractivity contribution in [2.75, 3.05) is 5.32 Å². The van der Waals surface area contributed by atoms with Crippen LogP contribution in [0.3, 0.4) is 0 Å². The van der Waals surface area contributed by atoms with Gasteiger partial charge in [-0.05, 0) is 42.2 Å². The van der Waals surface area contributed by atoms with Crippen LogP contribution in [0.4, 0.5) is 5.69 Å². The summed E-state index contributed by atoms with van der Waals surface area (Å²) in [7, 11) is 0. The fourth-order valence-electron chi connectivity index (χ4n) is 3.39. The molecule has 1 aliphatic heterocycles. The lowest BCUT2D eigenvalue weighted by Gasteiger charge is -2.43. The van der Waals surface area contributed by atoms with E-state index in [0.717, 1.165) is 18.5 Å². The Morgan fingerprint density at radius 2 is 2.00 bits per heavy atom. The predicted molar refractivity (Wildman–Crippen MR) is 68.9 cm³/mol. The number of para-hydroxylation sites is 1. The van der Waals surface area contributed by atoms with Crippen molar-refractivity contribution in [1.82, 2.24) is 0 Å². The SMILES string of the molecule is CC1(C)CCC2c3ccccc3NC(=O)C2C1. The first kappa shape index (κ1) is 10.8. The molecule has 17 heavy (non-hydrogen) atoms. The molecule has 0 spiro atoms. The first-order valence-corrected chi connectivity index (χ1v) is 6.47. The number of rotatable bonds is 0. The number of nitrogens with one attached hydrogen (secondary N) is 1. The minimum absolute atomic E-state index is 0.175. The number of benzene rings is 1. The number of amides is 1. The molecule has 0 bridgehead atoms. The third-order valence-electron chi connectivity index (χ3n) is 4.35. The molecule has 2 nitrogen and oxygen atoms in total. The largest absolute Gasteiger partial charge is 0.326 e. The van der Waals surface area contributed by atoms with Crippen LogP contribution in [0, 0.1) is 11.3 Å². The van der Waals surface area contributed by atoms with Gasteiger partial charge in [0.25, 0.3) is 0 Å². The van der Waals surface area contributed by atoms with E-state index >= 15 is 0 Å². The first-order valence-electron chi connectivity index (χ1n) is 6.47. The molecule has 2 aliphatic rings. The summed E-state index contributed by atoms with van der Waals surface area (Å²) in [6.07, 6.45) is 3.37. The minimum atomic E-state index is 0.175. The Balaban J connectivity index is 2.00. The van der Waals surface area contributed by atoms with Crippen LogP contribution in [0.5, 0.6) is 0 Å². The van der Waals surface area contributed by atoms with Crippen LogP contribution >= 0.6 is 0 Å². The van der Waals surface area contributed by atoms with Crippen molar-refractivity contribution in [3.63, 3.8) is 0 Å². The summed E-state index contributed by atoms with van der Waals surface area (Å²) >= 11 is 0. The number of hydrogen-bond acceptors (Lipinski definition) is 1. The van der Waals surface area contributed by atoms with Gasteiger partial charge in [-0.2, -0.15) is 0 Å². The Kier molecular flexibility index (Phi) is 2.29. The maximum atomic E-state index is 12.2. The van der Waals surface area contributed by atoms with Crippen molar-refractivity contribution in [3.8, 4) is 0 Å². The quantitative estimate of drug-likeness (QED) is 0.724. The highest BCUT2D eigenvalue weighted by Crippen LogP contribution is 2.50. The van der Waals surface area contributed by atoms with Crippen LogP contribution in [0.1, 0.15) is 44.6 Å². The number of anilines is 1. The molecule has 2 unspecified atom stereocenters. The zero-order valence-corrected chi connectivity index (χ0v) is 10.5. The highest BCUT2D eigenvalue weighted by molar-refractivity contribution is 5.96. The summed E-state index contributed by atoms with van der Waals surface area (Å²) in [5.41, 5.74) is 2.68. The van der Waals surface area contributed by atoms with Gasteiger partial charge in [0.1, 0.15) is 0 Å². The van der Waals surface area contributed by atoms with Crippen LogP contribution < -0.4 is 5.32 Å². The molecule has 1 heterocycles. The molecule has 0 saturated heterocycles. The van der Waals surface area contributed by atoms with Crippen molar-refractivity contribution in [1.29, 1.82) is 0 Å². The molecule has 1 aliphatic carbocycles. The summed E-state index contributed by atoms with van der Waals surface area (Å²) in [6, 6.07) is 8.26. The van der Waals surface area contributed by atoms with Crippen molar-refractivity contribution < 1.29 is 4.79 Å². The van der Waals surface area contributed by atoms with Gasteiger partial charge in [0.15, 0.2) is 0 Å². The van der Waals surface area contributed by atoms with Crippen molar-refractivity contribution >= 4 is 11.6 Å². The molecule has 90 valence electrons. The van der Waals surface area contributed by atoms with Gasteiger partial charge in [-0.3, -0.25) is 4.79 Å². The molecular weight excluding hydrogens is 210 g/mol. The van der Waals surface area contributed by atoms with Crippen LogP contribution in [0.25, 0.3) is 0 Å². The van der Waals surface area contributed by atoms with Crippen LogP contribution in [-0.4, -0.2) is 5.91 Å². The summed E-state index contributed by atoms with van der Waals surface area (Å²) in [6.45, 7) is 4.55. The monoisotopic (exact) mass is 229 g/mol. The van der Waals surface area contributed by atoms with E-state index in [2.05, 4.69) is 31.3 Å². The van der Waals surface area contributed by atoms with Gasteiger partial charge < -0.3 is 5.32 Å². The van der Waals surface area contributed by atoms with Gasteiger partial charge in [0.05, 0.1) is 0 Å². The minimum Gasteiger partial charge on any atom is -0.326 e. The van der Waals surface area contributed by atoms with E-state index < -0.39 is 0 Å². The standard InChI is InChI=1S/C15H19NO/c1-15(2)8-7-10-11-5-3-4-6-13(11)16-14(17)12(10)9-15/h3-6,10,12H,7-9H2,1-2H3,(H,16,17). The molecule has 1 aromatic rings. The average molecular weight is 229 g/mol. The third-order valence-corrected chi connectivity index (χ3v) is 4.35. The first-order chi connectivity index (χ1) is 8.07. The van der Waals surface area contributed by atoms with Gasteiger partial charge in [0, 0.05) is 11.6 Å². The Hall–Kier alpha value is -1.31. The van der Waals surface area contributed by atoms with E-state index in [-0.39, 0.29) is 11.8 Å². The normalized spacial score (nSPS) is 30.1. The van der Waals surface area contributed by atoms with E-state index in [4.69, 9.17) is 0 Å². The smallest absolute Gasteiger partial charge is 0.228 e. The Labute approximate surface area is 102 Å². The molecule has 1 N–H and O–H groups in total. The highest BCUT2D eigenvalue weighted by Gasteiger charge is 2.42. The topological polar surface area (TPSA) is 29.1 Å². The second kappa shape index (κ2) is 3.59. The number of fused-ring (bicyclic) bond motifs is 3. The lowest BCUT2D eigenvalue weighted by molar-refractivity contribution is -0.123. The van der Waals surface area contributed by atoms with Gasteiger partial charge >= 0.3 is 0 Å². The van der Waals surface area contributed by atoms with Crippen molar-refractivity contribution in [3.05, 3.63) is 29.8 Å². The summed E-state index contributed by atoms with van der Waals surface area (Å²) in [5.74, 6) is 0.836. The number of carbonyl (C=O) groups excluding carboxylic acids is 1. The molecule has 2 atom stereocenters. The lowest BCUT2D eigenvalue weighted by Crippen LogP contribution is -2.40. The lowest BCUT2D eigenvalue weighted by atomic mass is 9.64. The molecular formula is C15H19NO. The summed E-state index contributed by atoms with van der Waals surface area (Å²) < 4.78 is 0. The molecule has 0 aromatic heterocycles. The average Bonchev–Trinajstić information content (AvgIpc) is 2.28. The van der Waals surface area contributed by atoms with Gasteiger partial charge in [-0.25, -0.2) is 0 Å². The summed E-state index contributed by atoms with van der Waals surface area (Å²) in [4.78, 5) is 12.2. The zero-order valence-electron chi connectivity index (χ0n) is 10.5. The predicted octanol–water partition coefficient (Wildman–Crippen LogP) is 3.55. The van der Waals surface area contributed by atoms with E-state index in [1.54, 1.807) is 0 Å². The fourth-order valence-corrected chi connectivity index (χ4v) is 3.39. The molecule has 3 rings (SSSR count). The highest BCUT2D eigenvalue weighted by atomic mass is 16.2. The second-order valence-electron chi connectivity index (χ2n) is 6.20. The van der Waals surface area contributed by atoms with Crippen molar-refractivity contribution in [2.45, 2.75) is 39.0 Å². The maximum absolute atomic E-state index is 12.2. The van der Waals surface area contributed by atoms with Crippen LogP contribution in [0.15, 0.2) is 24.3 Å². The Bertz CT molecular complexity index is 464. The second-order valence-corrected chi connectivity index (χ2v) is 6.20. The number of hydrogen-bond donors (Lipinski definition) is 1. The van der Waals surface area contributed by atoms with Crippen LogP contribution in [-0.2, 0) is 4.79 Å². The molecule has 1 saturated carbocycles. The number of carbonyl (C=O) groups is 1. The Morgan fingerprint density at radius 3 is 2.82 bits per heavy atom. The van der Waals surface area contributed by atoms with E-state index in [9.17, 15) is 4.79 Å². The zero-order chi connectivity index (χ0) is 12.0. The van der Waals surface area contributed by atoms with E-state index in [0.29, 0.717) is 11.3 Å². The molecule has 1 fully saturated rings. The molecule has 0 radical (unpaired) electrons.